The molecule has 0 spiro atoms. The molecule has 0 aliphatic heterocycles. The maximum absolute atomic E-state index is 12.7. The van der Waals surface area contributed by atoms with Crippen LogP contribution in [0.15, 0.2) is 78.9 Å². The molecule has 1 amide bonds. The highest BCUT2D eigenvalue weighted by atomic mass is 16.5. The minimum atomic E-state index is -0.121. The number of ether oxygens (including phenoxy) is 2. The summed E-state index contributed by atoms with van der Waals surface area (Å²) in [5, 5.41) is 7.66. The average molecular weight is 442 g/mol. The molecule has 0 fully saturated rings. The van der Waals surface area contributed by atoms with Crippen LogP contribution < -0.4 is 14.8 Å². The molecule has 1 heterocycles. The Morgan fingerprint density at radius 3 is 2.24 bits per heavy atom. The standard InChI is InChI=1S/C27H27N3O3/c1-19-26(20(2)30(29-19)23-7-5-4-6-8-23)17-28-27(31)22-11-9-21(10-12-22)18-33-25-15-13-24(32-3)14-16-25/h4-16H,17-18H2,1-3H3,(H,28,31). The zero-order chi connectivity index (χ0) is 23.2. The van der Waals surface area contributed by atoms with E-state index in [4.69, 9.17) is 9.47 Å². The van der Waals surface area contributed by atoms with Crippen LogP contribution in [0.5, 0.6) is 11.5 Å². The molecule has 3 aromatic carbocycles. The van der Waals surface area contributed by atoms with Gasteiger partial charge in [0.15, 0.2) is 0 Å². The van der Waals surface area contributed by atoms with E-state index >= 15 is 0 Å². The van der Waals surface area contributed by atoms with Crippen LogP contribution >= 0.6 is 0 Å². The first-order valence-corrected chi connectivity index (χ1v) is 10.8. The van der Waals surface area contributed by atoms with Crippen LogP contribution in [-0.2, 0) is 13.2 Å². The monoisotopic (exact) mass is 441 g/mol. The molecule has 0 unspecified atom stereocenters. The molecule has 0 bridgehead atoms. The van der Waals surface area contributed by atoms with Gasteiger partial charge in [-0.2, -0.15) is 5.10 Å². The van der Waals surface area contributed by atoms with Crippen molar-refractivity contribution in [2.75, 3.05) is 7.11 Å². The molecule has 6 nitrogen and oxygen atoms in total. The highest BCUT2D eigenvalue weighted by Gasteiger charge is 2.14. The fraction of sp³-hybridized carbons (Fsp3) is 0.185. The van der Waals surface area contributed by atoms with Gasteiger partial charge in [-0.3, -0.25) is 4.79 Å². The lowest BCUT2D eigenvalue weighted by atomic mass is 10.1. The van der Waals surface area contributed by atoms with Gasteiger partial charge in [0.1, 0.15) is 18.1 Å². The van der Waals surface area contributed by atoms with Crippen molar-refractivity contribution >= 4 is 5.91 Å². The summed E-state index contributed by atoms with van der Waals surface area (Å²) in [4.78, 5) is 12.7. The lowest BCUT2D eigenvalue weighted by molar-refractivity contribution is 0.0951. The van der Waals surface area contributed by atoms with Gasteiger partial charge in [-0.1, -0.05) is 30.3 Å². The van der Waals surface area contributed by atoms with Gasteiger partial charge in [0.2, 0.25) is 0 Å². The van der Waals surface area contributed by atoms with Crippen LogP contribution in [0, 0.1) is 13.8 Å². The molecule has 4 rings (SSSR count). The number of nitrogens with one attached hydrogen (secondary N) is 1. The summed E-state index contributed by atoms with van der Waals surface area (Å²) in [5.41, 5.74) is 5.54. The van der Waals surface area contributed by atoms with Gasteiger partial charge >= 0.3 is 0 Å². The molecular weight excluding hydrogens is 414 g/mol. The van der Waals surface area contributed by atoms with Gasteiger partial charge in [0, 0.05) is 23.4 Å². The number of aromatic nitrogens is 2. The van der Waals surface area contributed by atoms with E-state index in [9.17, 15) is 4.79 Å². The van der Waals surface area contributed by atoms with E-state index in [0.29, 0.717) is 18.7 Å². The molecule has 33 heavy (non-hydrogen) atoms. The van der Waals surface area contributed by atoms with E-state index in [0.717, 1.165) is 39.7 Å². The maximum atomic E-state index is 12.7. The smallest absolute Gasteiger partial charge is 0.251 e. The largest absolute Gasteiger partial charge is 0.497 e. The second kappa shape index (κ2) is 10.0. The highest BCUT2D eigenvalue weighted by Crippen LogP contribution is 2.19. The Labute approximate surface area is 193 Å². The van der Waals surface area contributed by atoms with Crippen molar-refractivity contribution in [1.29, 1.82) is 0 Å². The Bertz CT molecular complexity index is 1210. The van der Waals surface area contributed by atoms with E-state index in [1.54, 1.807) is 7.11 Å². The second-order valence-corrected chi connectivity index (χ2v) is 7.74. The van der Waals surface area contributed by atoms with Crippen molar-refractivity contribution < 1.29 is 14.3 Å². The van der Waals surface area contributed by atoms with Crippen molar-refractivity contribution in [3.63, 3.8) is 0 Å². The topological polar surface area (TPSA) is 65.4 Å². The number of rotatable bonds is 8. The Hall–Kier alpha value is -4.06. The Morgan fingerprint density at radius 2 is 1.58 bits per heavy atom. The Balaban J connectivity index is 1.35. The number of aryl methyl sites for hydroxylation is 1. The van der Waals surface area contributed by atoms with Crippen LogP contribution in [0.25, 0.3) is 5.69 Å². The molecule has 0 aliphatic rings. The number of methoxy groups -OCH3 is 1. The third-order valence-electron chi connectivity index (χ3n) is 5.55. The van der Waals surface area contributed by atoms with Crippen molar-refractivity contribution in [2.45, 2.75) is 27.0 Å². The predicted octanol–water partition coefficient (Wildman–Crippen LogP) is 5.01. The van der Waals surface area contributed by atoms with Crippen molar-refractivity contribution in [3.8, 4) is 17.2 Å². The van der Waals surface area contributed by atoms with Crippen LogP contribution in [0.3, 0.4) is 0 Å². The minimum Gasteiger partial charge on any atom is -0.497 e. The maximum Gasteiger partial charge on any atom is 0.251 e. The molecule has 0 radical (unpaired) electrons. The van der Waals surface area contributed by atoms with E-state index < -0.39 is 0 Å². The number of carbonyl (C=O) groups excluding carboxylic acids is 1. The number of benzene rings is 3. The fourth-order valence-electron chi connectivity index (χ4n) is 3.61. The molecule has 0 saturated carbocycles. The van der Waals surface area contributed by atoms with E-state index in [2.05, 4.69) is 10.4 Å². The van der Waals surface area contributed by atoms with Crippen LogP contribution in [0.2, 0.25) is 0 Å². The van der Waals surface area contributed by atoms with Gasteiger partial charge in [-0.05, 0) is 67.9 Å². The summed E-state index contributed by atoms with van der Waals surface area (Å²) in [6.45, 7) is 4.83. The number of para-hydroxylation sites is 1. The van der Waals surface area contributed by atoms with Crippen LogP contribution in [0.4, 0.5) is 0 Å². The third-order valence-corrected chi connectivity index (χ3v) is 5.55. The summed E-state index contributed by atoms with van der Waals surface area (Å²) in [5.74, 6) is 1.43. The van der Waals surface area contributed by atoms with Crippen LogP contribution in [0.1, 0.15) is 32.9 Å². The van der Waals surface area contributed by atoms with Gasteiger partial charge in [0.25, 0.3) is 5.91 Å². The second-order valence-electron chi connectivity index (χ2n) is 7.74. The molecular formula is C27H27N3O3. The van der Waals surface area contributed by atoms with Crippen molar-refractivity contribution in [3.05, 3.63) is 107 Å². The number of nitrogens with zero attached hydrogens (tertiary/aromatic N) is 2. The normalized spacial score (nSPS) is 10.6. The molecule has 0 aliphatic carbocycles. The first-order chi connectivity index (χ1) is 16.0. The zero-order valence-electron chi connectivity index (χ0n) is 19.0. The Morgan fingerprint density at radius 1 is 0.909 bits per heavy atom. The summed E-state index contributed by atoms with van der Waals surface area (Å²) < 4.78 is 12.9. The van der Waals surface area contributed by atoms with Crippen molar-refractivity contribution in [1.82, 2.24) is 15.1 Å². The highest BCUT2D eigenvalue weighted by molar-refractivity contribution is 5.94. The van der Waals surface area contributed by atoms with E-state index in [1.165, 1.54) is 0 Å². The summed E-state index contributed by atoms with van der Waals surface area (Å²) in [6.07, 6.45) is 0. The number of hydrogen-bond acceptors (Lipinski definition) is 4. The third kappa shape index (κ3) is 5.23. The van der Waals surface area contributed by atoms with Gasteiger partial charge < -0.3 is 14.8 Å². The molecule has 1 aromatic heterocycles. The first-order valence-electron chi connectivity index (χ1n) is 10.8. The average Bonchev–Trinajstić information content (AvgIpc) is 3.15. The zero-order valence-corrected chi connectivity index (χ0v) is 19.0. The summed E-state index contributed by atoms with van der Waals surface area (Å²) >= 11 is 0. The number of hydrogen-bond donors (Lipinski definition) is 1. The van der Waals surface area contributed by atoms with Crippen LogP contribution in [-0.4, -0.2) is 22.8 Å². The molecule has 168 valence electrons. The first kappa shape index (κ1) is 22.1. The lowest BCUT2D eigenvalue weighted by Gasteiger charge is -2.09. The lowest BCUT2D eigenvalue weighted by Crippen LogP contribution is -2.23. The molecule has 6 heteroatoms. The van der Waals surface area contributed by atoms with Gasteiger partial charge in [-0.25, -0.2) is 4.68 Å². The summed E-state index contributed by atoms with van der Waals surface area (Å²) in [6, 6.07) is 24.9. The molecule has 4 aromatic rings. The number of amides is 1. The molecule has 0 atom stereocenters. The predicted molar refractivity (Wildman–Crippen MR) is 128 cm³/mol. The molecule has 1 N–H and O–H groups in total. The summed E-state index contributed by atoms with van der Waals surface area (Å²) in [7, 11) is 1.63. The minimum absolute atomic E-state index is 0.121. The molecule has 0 saturated heterocycles. The van der Waals surface area contributed by atoms with E-state index in [-0.39, 0.29) is 5.91 Å². The Kier molecular flexibility index (Phi) is 6.74. The fourth-order valence-corrected chi connectivity index (χ4v) is 3.61. The number of carbonyl (C=O) groups is 1. The quantitative estimate of drug-likeness (QED) is 0.418. The van der Waals surface area contributed by atoms with Crippen molar-refractivity contribution in [2.24, 2.45) is 0 Å². The van der Waals surface area contributed by atoms with E-state index in [1.807, 2.05) is 97.4 Å². The van der Waals surface area contributed by atoms with Gasteiger partial charge in [0.05, 0.1) is 18.5 Å². The SMILES string of the molecule is COc1ccc(OCc2ccc(C(=O)NCc3c(C)nn(-c4ccccc4)c3C)cc2)cc1. The van der Waals surface area contributed by atoms with Gasteiger partial charge in [-0.15, -0.1) is 0 Å².